The summed E-state index contributed by atoms with van der Waals surface area (Å²) in [4.78, 5) is 115. The van der Waals surface area contributed by atoms with Gasteiger partial charge < -0.3 is 92.2 Å². The number of ether oxygens (including phenoxy) is 13. The molecule has 40 nitrogen and oxygen atoms in total. The van der Waals surface area contributed by atoms with E-state index in [1.54, 1.807) is 48.5 Å². The number of aromatic carboxylic acids is 6. The molecule has 43 heteroatoms. The standard InChI is InChI=1S/C35H43N5O9S.C27H35N5O8S.C26H36N4O8.C3H5NS.C3H8/c36-26-50-31-6-4-27(5-7-31)8-13-49-30-22-29(38-33(23-30)35(43)44)25-40-11-16-47-20-18-45-14-9-39(10-15-46-19-21-48-17-12-40)24-28-2-1-3-32(37-28)34(41)42;33-26(34)24-3-1-2-21(29-24)18-31-4-8-37-12-14-39-10-6-32(7-11-40-15-13-38-9-5-31)19-23-16-22(28-20-41)17-25(30-23)27(35)36;31-25(32)23-5-1-3-21(27-23)19-29-7-11-35-15-17-37-13-9-30(10-14-38-18-16-36-12-8-29)20-22-4-2-6-24(28-22)26(33)34;1-2-4-3-5;1-3-2/h1-7,22-23H,8-21,24-25H2,(H,41,42)(H,43,44);1-3,16-17H,4-15,18-19H2,(H,33,34)(H,35,36);1-6H,7-20H2,(H,31,32)(H,33,34);2H2,1H3;3H2,1-2H3. The lowest BCUT2D eigenvalue weighted by Gasteiger charge is -2.23. The topological polar surface area (TPSA) is 489 Å². The Balaban J connectivity index is 0.000000306. The van der Waals surface area contributed by atoms with Crippen molar-refractivity contribution in [3.63, 3.8) is 0 Å². The first-order valence-electron chi connectivity index (χ1n) is 45.1. The van der Waals surface area contributed by atoms with Crippen LogP contribution < -0.4 is 4.74 Å². The van der Waals surface area contributed by atoms with Gasteiger partial charge in [-0.2, -0.15) is 10.3 Å². The first-order chi connectivity index (χ1) is 66.7. The van der Waals surface area contributed by atoms with Gasteiger partial charge in [0.15, 0.2) is 11.4 Å². The summed E-state index contributed by atoms with van der Waals surface area (Å²) >= 11 is 10.00. The Hall–Kier alpha value is -10.5. The number of nitrogens with zero attached hydrogens (tertiary/aromatic N) is 15. The summed E-state index contributed by atoms with van der Waals surface area (Å²) in [7, 11) is 0. The molecule has 746 valence electrons. The second-order valence-electron chi connectivity index (χ2n) is 30.2. The molecule has 6 N–H and O–H groups in total. The van der Waals surface area contributed by atoms with Crippen molar-refractivity contribution in [1.29, 1.82) is 5.26 Å². The number of carbonyl (C=O) groups is 6. The van der Waals surface area contributed by atoms with Gasteiger partial charge in [0.1, 0.15) is 33.9 Å². The van der Waals surface area contributed by atoms with Gasteiger partial charge in [-0.3, -0.25) is 29.4 Å². The Kier molecular flexibility index (Phi) is 60.4. The van der Waals surface area contributed by atoms with Gasteiger partial charge >= 0.3 is 35.8 Å². The van der Waals surface area contributed by atoms with E-state index in [1.807, 2.05) is 43.3 Å². The van der Waals surface area contributed by atoms with Gasteiger partial charge in [-0.1, -0.05) is 56.7 Å². The van der Waals surface area contributed by atoms with Crippen molar-refractivity contribution in [3.05, 3.63) is 195 Å². The number of thiocyanates is 1. The van der Waals surface area contributed by atoms with Crippen LogP contribution in [0, 0.1) is 10.7 Å². The molecular formula is C94H127N15O25S3. The number of hydrogen-bond acceptors (Lipinski definition) is 37. The monoisotopic (exact) mass is 1960 g/mol. The highest BCUT2D eigenvalue weighted by molar-refractivity contribution is 8.03. The summed E-state index contributed by atoms with van der Waals surface area (Å²) in [6.07, 6.45) is 1.87. The van der Waals surface area contributed by atoms with E-state index >= 15 is 0 Å². The maximum absolute atomic E-state index is 11.9. The van der Waals surface area contributed by atoms with Gasteiger partial charge in [0, 0.05) is 148 Å². The summed E-state index contributed by atoms with van der Waals surface area (Å²) in [6, 6.07) is 33.8. The van der Waals surface area contributed by atoms with Crippen LogP contribution >= 0.6 is 36.2 Å². The van der Waals surface area contributed by atoms with Crippen molar-refractivity contribution >= 4 is 88.0 Å². The Morgan fingerprint density at radius 2 is 0.606 bits per heavy atom. The van der Waals surface area contributed by atoms with E-state index < -0.39 is 35.8 Å². The minimum absolute atomic E-state index is 0.00991. The summed E-state index contributed by atoms with van der Waals surface area (Å²) in [6.45, 7) is 27.8. The second kappa shape index (κ2) is 71.9. The zero-order valence-electron chi connectivity index (χ0n) is 77.9. The zero-order chi connectivity index (χ0) is 98.5. The highest BCUT2D eigenvalue weighted by Gasteiger charge is 2.21. The Bertz CT molecular complexity index is 4660. The number of benzene rings is 1. The van der Waals surface area contributed by atoms with Crippen molar-refractivity contribution in [2.24, 2.45) is 9.98 Å². The lowest BCUT2D eigenvalue weighted by Crippen LogP contribution is -2.33. The fourth-order valence-electron chi connectivity index (χ4n) is 12.8. The number of aliphatic imine (C=N–C) groups is 2. The van der Waals surface area contributed by atoms with E-state index in [1.165, 1.54) is 42.8 Å². The highest BCUT2D eigenvalue weighted by Crippen LogP contribution is 2.22. The van der Waals surface area contributed by atoms with Crippen molar-refractivity contribution in [2.45, 2.75) is 77.8 Å². The minimum atomic E-state index is -1.15. The SMILES string of the molecule is CCC.CCN=C=S.N#CSc1ccc(CCOc2cc(CN3CCOCCOCCN(Cc4cccc(C(=O)O)n4)CCOCCOCC3)nc(C(=O)O)c2)cc1.O=C(O)c1cccc(CN2CCOCCOCCN(Cc3cc(N=C=S)cc(C(=O)O)n3)CCOCCOCC2)n1.O=C(O)c1cccc(CN2CCOCCOCCN(Cc3cccc(C(=O)O)n3)CCOCCOCC2)n1. The van der Waals surface area contributed by atoms with Crippen LogP contribution in [-0.4, -0.2) is 386 Å². The largest absolute Gasteiger partial charge is 0.493 e. The molecule has 0 unspecified atom stereocenters. The van der Waals surface area contributed by atoms with Crippen LogP contribution in [0.15, 0.2) is 136 Å². The molecule has 9 heterocycles. The molecule has 0 spiro atoms. The van der Waals surface area contributed by atoms with Gasteiger partial charge in [0.05, 0.1) is 215 Å². The summed E-state index contributed by atoms with van der Waals surface area (Å²) in [5.41, 5.74) is 5.05. The number of pyridine rings is 6. The van der Waals surface area contributed by atoms with Gasteiger partial charge in [-0.15, -0.1) is 0 Å². The molecular weight excluding hydrogens is 1840 g/mol. The van der Waals surface area contributed by atoms with E-state index in [2.05, 4.69) is 123 Å². The number of aromatic nitrogens is 6. The Morgan fingerprint density at radius 3 is 0.847 bits per heavy atom. The molecule has 3 aliphatic heterocycles. The molecule has 3 aliphatic rings. The fraction of sp³-hybridized carbons (Fsp3) is 0.521. The van der Waals surface area contributed by atoms with E-state index in [4.69, 9.17) is 66.8 Å². The molecule has 1 aromatic carbocycles. The maximum atomic E-state index is 11.9. The van der Waals surface area contributed by atoms with Crippen LogP contribution in [0.4, 0.5) is 5.69 Å². The van der Waals surface area contributed by atoms with Gasteiger partial charge in [-0.25, -0.2) is 63.7 Å². The van der Waals surface area contributed by atoms with Crippen molar-refractivity contribution in [2.75, 3.05) is 250 Å². The highest BCUT2D eigenvalue weighted by atomic mass is 32.2. The molecule has 3 saturated heterocycles. The van der Waals surface area contributed by atoms with Crippen LogP contribution in [-0.2, 0) is 103 Å². The minimum Gasteiger partial charge on any atom is -0.493 e. The molecule has 3 fully saturated rings. The number of carboxylic acid groups (broad SMARTS) is 6. The van der Waals surface area contributed by atoms with Crippen molar-refractivity contribution < 1.29 is 121 Å². The number of hydrogen-bond donors (Lipinski definition) is 6. The summed E-state index contributed by atoms with van der Waals surface area (Å²) in [5.74, 6) is -6.08. The van der Waals surface area contributed by atoms with Crippen LogP contribution in [0.1, 0.15) is 130 Å². The average Bonchev–Trinajstić information content (AvgIpc) is 0.874. The molecule has 137 heavy (non-hydrogen) atoms. The van der Waals surface area contributed by atoms with Crippen molar-refractivity contribution in [1.82, 2.24) is 59.3 Å². The number of isothiocyanates is 2. The molecule has 0 atom stereocenters. The molecule has 0 amide bonds. The smallest absolute Gasteiger partial charge is 0.354 e. The molecule has 0 bridgehead atoms. The Labute approximate surface area is 813 Å². The third kappa shape index (κ3) is 52.2. The van der Waals surface area contributed by atoms with Gasteiger partial charge in [0.2, 0.25) is 0 Å². The molecule has 10 rings (SSSR count). The molecule has 0 radical (unpaired) electrons. The first-order valence-corrected chi connectivity index (χ1v) is 46.7. The van der Waals surface area contributed by atoms with E-state index in [0.29, 0.717) is 335 Å². The summed E-state index contributed by atoms with van der Waals surface area (Å²) in [5, 5.41) is 71.4. The third-order valence-electron chi connectivity index (χ3n) is 19.6. The van der Waals surface area contributed by atoms with E-state index in [-0.39, 0.29) is 34.2 Å². The lowest BCUT2D eigenvalue weighted by atomic mass is 10.2. The maximum Gasteiger partial charge on any atom is 0.354 e. The van der Waals surface area contributed by atoms with Crippen molar-refractivity contribution in [3.8, 4) is 11.2 Å². The Morgan fingerprint density at radius 1 is 0.350 bits per heavy atom. The number of thiocarbonyl (C=S) groups is 2. The number of rotatable bonds is 25. The number of nitriles is 1. The third-order valence-corrected chi connectivity index (χ3v) is 20.4. The first kappa shape index (κ1) is 115. The number of carboxylic acids is 6. The van der Waals surface area contributed by atoms with E-state index in [0.717, 1.165) is 28.8 Å². The molecule has 6 aromatic heterocycles. The van der Waals surface area contributed by atoms with Crippen LogP contribution in [0.2, 0.25) is 0 Å². The van der Waals surface area contributed by atoms with Crippen LogP contribution in [0.3, 0.4) is 0 Å². The molecule has 0 aliphatic carbocycles. The van der Waals surface area contributed by atoms with Crippen LogP contribution in [0.5, 0.6) is 5.75 Å². The predicted molar refractivity (Wildman–Crippen MR) is 512 cm³/mol. The quantitative estimate of drug-likeness (QED) is 0.0134. The average molecular weight is 1960 g/mol. The van der Waals surface area contributed by atoms with Gasteiger partial charge in [-0.05, 0) is 121 Å². The molecule has 7 aromatic rings. The second-order valence-corrected chi connectivity index (χ2v) is 31.4. The lowest BCUT2D eigenvalue weighted by molar-refractivity contribution is 0.00596. The normalized spacial score (nSPS) is 16.7. The van der Waals surface area contributed by atoms with Crippen LogP contribution in [0.25, 0.3) is 0 Å². The number of thioether (sulfide) groups is 1. The van der Waals surface area contributed by atoms with E-state index in [9.17, 15) is 59.4 Å². The fourth-order valence-corrected chi connectivity index (χ4v) is 13.5. The summed E-state index contributed by atoms with van der Waals surface area (Å²) < 4.78 is 75.3. The zero-order valence-corrected chi connectivity index (χ0v) is 80.4. The predicted octanol–water partition coefficient (Wildman–Crippen LogP) is 9.23. The molecule has 0 saturated carbocycles. The van der Waals surface area contributed by atoms with Gasteiger partial charge in [0.25, 0.3) is 0 Å².